The number of rotatable bonds is 7. The largest absolute Gasteiger partial charge is 0.380 e. The summed E-state index contributed by atoms with van der Waals surface area (Å²) in [6.07, 6.45) is 2.64. The number of hydrogen-bond acceptors (Lipinski definition) is 3. The normalized spacial score (nSPS) is 24.2. The number of likely N-dealkylation sites (N-methyl/N-ethyl adjacent to an activating group) is 1. The van der Waals surface area contributed by atoms with Gasteiger partial charge in [-0.1, -0.05) is 20.8 Å². The van der Waals surface area contributed by atoms with Crippen LogP contribution >= 0.6 is 0 Å². The van der Waals surface area contributed by atoms with Gasteiger partial charge in [-0.15, -0.1) is 0 Å². The first-order chi connectivity index (χ1) is 8.19. The molecule has 102 valence electrons. The third-order valence-electron chi connectivity index (χ3n) is 3.68. The van der Waals surface area contributed by atoms with Crippen LogP contribution in [0.1, 0.15) is 40.5 Å². The lowest BCUT2D eigenvalue weighted by molar-refractivity contribution is 0.0278. The molecule has 0 aromatic rings. The van der Waals surface area contributed by atoms with Crippen molar-refractivity contribution in [2.24, 2.45) is 5.92 Å². The highest BCUT2D eigenvalue weighted by Crippen LogP contribution is 2.18. The quantitative estimate of drug-likeness (QED) is 0.740. The van der Waals surface area contributed by atoms with E-state index in [4.69, 9.17) is 4.74 Å². The lowest BCUT2D eigenvalue weighted by Crippen LogP contribution is -2.52. The minimum atomic E-state index is 0.580. The Hall–Kier alpha value is -0.120. The van der Waals surface area contributed by atoms with Crippen molar-refractivity contribution in [1.29, 1.82) is 0 Å². The van der Waals surface area contributed by atoms with Crippen molar-refractivity contribution in [1.82, 2.24) is 10.2 Å². The van der Waals surface area contributed by atoms with Gasteiger partial charge in [0.05, 0.1) is 6.61 Å². The van der Waals surface area contributed by atoms with E-state index in [1.165, 1.54) is 25.9 Å². The molecule has 1 fully saturated rings. The van der Waals surface area contributed by atoms with Gasteiger partial charge in [-0.25, -0.2) is 0 Å². The van der Waals surface area contributed by atoms with Gasteiger partial charge in [0.25, 0.3) is 0 Å². The fourth-order valence-corrected chi connectivity index (χ4v) is 2.72. The van der Waals surface area contributed by atoms with Crippen LogP contribution in [0.15, 0.2) is 0 Å². The third kappa shape index (κ3) is 4.94. The summed E-state index contributed by atoms with van der Waals surface area (Å²) >= 11 is 0. The van der Waals surface area contributed by atoms with Crippen LogP contribution in [0.3, 0.4) is 0 Å². The standard InChI is InChI=1S/C14H30N2O/c1-5-15-13-8-7-9-16(10-13)14(12(3)4)11-17-6-2/h12-15H,5-11H2,1-4H3. The second-order valence-electron chi connectivity index (χ2n) is 5.36. The third-order valence-corrected chi connectivity index (χ3v) is 3.68. The van der Waals surface area contributed by atoms with Crippen LogP contribution in [0, 0.1) is 5.92 Å². The van der Waals surface area contributed by atoms with Gasteiger partial charge in [0, 0.05) is 25.2 Å². The maximum absolute atomic E-state index is 5.64. The molecule has 3 heteroatoms. The lowest BCUT2D eigenvalue weighted by atomic mass is 9.98. The van der Waals surface area contributed by atoms with E-state index in [9.17, 15) is 0 Å². The van der Waals surface area contributed by atoms with Crippen molar-refractivity contribution in [2.75, 3.05) is 32.8 Å². The van der Waals surface area contributed by atoms with Crippen molar-refractivity contribution in [3.63, 3.8) is 0 Å². The van der Waals surface area contributed by atoms with Crippen LogP contribution in [-0.4, -0.2) is 49.8 Å². The molecule has 0 aromatic carbocycles. The van der Waals surface area contributed by atoms with E-state index in [1.54, 1.807) is 0 Å². The van der Waals surface area contributed by atoms with Gasteiger partial charge in [0.2, 0.25) is 0 Å². The molecule has 2 unspecified atom stereocenters. The summed E-state index contributed by atoms with van der Waals surface area (Å²) in [5.74, 6) is 0.668. The zero-order chi connectivity index (χ0) is 12.7. The van der Waals surface area contributed by atoms with E-state index in [2.05, 4.69) is 37.9 Å². The molecular formula is C14H30N2O. The Balaban J connectivity index is 2.48. The predicted molar refractivity (Wildman–Crippen MR) is 73.4 cm³/mol. The molecule has 1 aliphatic rings. The second kappa shape index (κ2) is 8.06. The van der Waals surface area contributed by atoms with Crippen LogP contribution in [0.2, 0.25) is 0 Å². The van der Waals surface area contributed by atoms with E-state index in [0.717, 1.165) is 19.8 Å². The SMILES string of the molecule is CCNC1CCCN(C(COCC)C(C)C)C1. The van der Waals surface area contributed by atoms with Gasteiger partial charge >= 0.3 is 0 Å². The Kier molecular flexibility index (Phi) is 7.09. The molecule has 1 N–H and O–H groups in total. The molecule has 1 aliphatic heterocycles. The van der Waals surface area contributed by atoms with Crippen molar-refractivity contribution in [2.45, 2.75) is 52.6 Å². The van der Waals surface area contributed by atoms with Crippen LogP contribution in [0.4, 0.5) is 0 Å². The fourth-order valence-electron chi connectivity index (χ4n) is 2.72. The monoisotopic (exact) mass is 242 g/mol. The van der Waals surface area contributed by atoms with Gasteiger partial charge in [0.1, 0.15) is 0 Å². The van der Waals surface area contributed by atoms with E-state index in [0.29, 0.717) is 18.0 Å². The summed E-state index contributed by atoms with van der Waals surface area (Å²) in [5, 5.41) is 3.58. The molecule has 1 heterocycles. The molecule has 0 saturated carbocycles. The summed E-state index contributed by atoms with van der Waals surface area (Å²) < 4.78 is 5.64. The second-order valence-corrected chi connectivity index (χ2v) is 5.36. The Morgan fingerprint density at radius 3 is 2.71 bits per heavy atom. The molecule has 17 heavy (non-hydrogen) atoms. The fraction of sp³-hybridized carbons (Fsp3) is 1.00. The van der Waals surface area contributed by atoms with Crippen LogP contribution in [0.25, 0.3) is 0 Å². The van der Waals surface area contributed by atoms with Crippen molar-refractivity contribution < 1.29 is 4.74 Å². The van der Waals surface area contributed by atoms with E-state index < -0.39 is 0 Å². The van der Waals surface area contributed by atoms with Gasteiger partial charge in [0.15, 0.2) is 0 Å². The molecule has 3 nitrogen and oxygen atoms in total. The Labute approximate surface area is 107 Å². The van der Waals surface area contributed by atoms with Gasteiger partial charge in [-0.2, -0.15) is 0 Å². The zero-order valence-corrected chi connectivity index (χ0v) is 12.0. The first-order valence-electron chi connectivity index (χ1n) is 7.24. The maximum atomic E-state index is 5.64. The molecule has 2 atom stereocenters. The average molecular weight is 242 g/mol. The van der Waals surface area contributed by atoms with Gasteiger partial charge < -0.3 is 10.1 Å². The Bertz CT molecular complexity index is 195. The minimum Gasteiger partial charge on any atom is -0.380 e. The van der Waals surface area contributed by atoms with Crippen LogP contribution in [0.5, 0.6) is 0 Å². The number of hydrogen-bond donors (Lipinski definition) is 1. The first kappa shape index (κ1) is 14.9. The van der Waals surface area contributed by atoms with Crippen molar-refractivity contribution in [3.05, 3.63) is 0 Å². The number of ether oxygens (including phenoxy) is 1. The molecule has 1 saturated heterocycles. The molecule has 1 rings (SSSR count). The molecular weight excluding hydrogens is 212 g/mol. The first-order valence-corrected chi connectivity index (χ1v) is 7.24. The van der Waals surface area contributed by atoms with Crippen LogP contribution < -0.4 is 5.32 Å². The maximum Gasteiger partial charge on any atom is 0.0624 e. The number of piperidine rings is 1. The average Bonchev–Trinajstić information content (AvgIpc) is 2.30. The number of nitrogens with one attached hydrogen (secondary N) is 1. The van der Waals surface area contributed by atoms with E-state index >= 15 is 0 Å². The number of likely N-dealkylation sites (tertiary alicyclic amines) is 1. The molecule has 0 aliphatic carbocycles. The summed E-state index contributed by atoms with van der Waals surface area (Å²) in [6, 6.07) is 1.26. The summed E-state index contributed by atoms with van der Waals surface area (Å²) in [7, 11) is 0. The Morgan fingerprint density at radius 1 is 1.35 bits per heavy atom. The molecule has 0 spiro atoms. The lowest BCUT2D eigenvalue weighted by Gasteiger charge is -2.40. The Morgan fingerprint density at radius 2 is 2.12 bits per heavy atom. The van der Waals surface area contributed by atoms with Crippen LogP contribution in [-0.2, 0) is 4.74 Å². The predicted octanol–water partition coefficient (Wildman–Crippen LogP) is 2.12. The highest BCUT2D eigenvalue weighted by Gasteiger charge is 2.27. The molecule has 0 amide bonds. The molecule has 0 bridgehead atoms. The van der Waals surface area contributed by atoms with Crippen molar-refractivity contribution >= 4 is 0 Å². The molecule has 0 radical (unpaired) electrons. The smallest absolute Gasteiger partial charge is 0.0624 e. The van der Waals surface area contributed by atoms with Crippen molar-refractivity contribution in [3.8, 4) is 0 Å². The molecule has 0 aromatic heterocycles. The zero-order valence-electron chi connectivity index (χ0n) is 12.0. The van der Waals surface area contributed by atoms with E-state index in [1.807, 2.05) is 0 Å². The number of nitrogens with zero attached hydrogens (tertiary/aromatic N) is 1. The summed E-state index contributed by atoms with van der Waals surface area (Å²) in [6.45, 7) is 14.1. The summed E-state index contributed by atoms with van der Waals surface area (Å²) in [5.41, 5.74) is 0. The highest BCUT2D eigenvalue weighted by atomic mass is 16.5. The summed E-state index contributed by atoms with van der Waals surface area (Å²) in [4.78, 5) is 2.62. The topological polar surface area (TPSA) is 24.5 Å². The van der Waals surface area contributed by atoms with Gasteiger partial charge in [-0.05, 0) is 38.8 Å². The van der Waals surface area contributed by atoms with E-state index in [-0.39, 0.29) is 0 Å². The highest BCUT2D eigenvalue weighted by molar-refractivity contribution is 4.83. The van der Waals surface area contributed by atoms with Gasteiger partial charge in [-0.3, -0.25) is 4.90 Å². The minimum absolute atomic E-state index is 0.580.